The third-order valence-corrected chi connectivity index (χ3v) is 8.84. The Bertz CT molecular complexity index is 1290. The van der Waals surface area contributed by atoms with Gasteiger partial charge in [0.2, 0.25) is 17.5 Å². The summed E-state index contributed by atoms with van der Waals surface area (Å²) in [4.78, 5) is 60.2. The first kappa shape index (κ1) is 26.4. The number of β-lactam (4-membered cyclic amide) rings is 1. The number of carboxylic acid groups (broad SMARTS) is 1. The van der Waals surface area contributed by atoms with Gasteiger partial charge in [-0.1, -0.05) is 22.8 Å². The van der Waals surface area contributed by atoms with Crippen LogP contribution in [0.15, 0.2) is 15.7 Å². The number of thiazole rings is 1. The molecule has 2 aromatic rings. The summed E-state index contributed by atoms with van der Waals surface area (Å²) in [5.41, 5.74) is -1.27. The highest BCUT2D eigenvalue weighted by molar-refractivity contribution is 8.00. The fraction of sp³-hybridized carbons (Fsp3) is 0.421. The quantitative estimate of drug-likeness (QED) is 0.0748. The van der Waals surface area contributed by atoms with E-state index in [-0.39, 0.29) is 46.3 Å². The van der Waals surface area contributed by atoms with E-state index in [2.05, 4.69) is 42.1 Å². The molecular formula is C19H19N9O6S3. The van der Waals surface area contributed by atoms with Crippen LogP contribution in [0.25, 0.3) is 0 Å². The van der Waals surface area contributed by atoms with Crippen molar-refractivity contribution in [2.75, 3.05) is 30.5 Å². The third-order valence-electron chi connectivity index (χ3n) is 5.36. The summed E-state index contributed by atoms with van der Waals surface area (Å²) in [5.74, 6) is 0.512. The average molecular weight is 566 g/mol. The topological polar surface area (TPSA) is 194 Å². The van der Waals surface area contributed by atoms with Gasteiger partial charge in [-0.3, -0.25) is 19.2 Å². The van der Waals surface area contributed by atoms with Crippen LogP contribution in [-0.2, 0) is 30.6 Å². The number of hydrogen-bond acceptors (Lipinski definition) is 13. The van der Waals surface area contributed by atoms with E-state index >= 15 is 0 Å². The molecule has 2 aromatic heterocycles. The van der Waals surface area contributed by atoms with Crippen molar-refractivity contribution in [3.63, 3.8) is 0 Å². The van der Waals surface area contributed by atoms with Crippen molar-refractivity contribution in [1.82, 2.24) is 35.4 Å². The second-order valence-electron chi connectivity index (χ2n) is 7.72. The summed E-state index contributed by atoms with van der Waals surface area (Å²) in [7, 11) is 1.26. The predicted octanol–water partition coefficient (Wildman–Crippen LogP) is -1.06. The molecule has 3 atom stereocenters. The Morgan fingerprint density at radius 1 is 1.51 bits per heavy atom. The van der Waals surface area contributed by atoms with Gasteiger partial charge < -0.3 is 25.5 Å². The van der Waals surface area contributed by atoms with E-state index < -0.39 is 34.6 Å². The molecule has 0 saturated carbocycles. The van der Waals surface area contributed by atoms with Crippen LogP contribution >= 0.6 is 34.9 Å². The Morgan fingerprint density at radius 3 is 3.03 bits per heavy atom. The van der Waals surface area contributed by atoms with Crippen LogP contribution in [-0.4, -0.2) is 102 Å². The van der Waals surface area contributed by atoms with Gasteiger partial charge in [-0.2, -0.15) is 4.80 Å². The summed E-state index contributed by atoms with van der Waals surface area (Å²) in [6.45, 7) is 0.100. The summed E-state index contributed by atoms with van der Waals surface area (Å²) < 4.78 is 0. The average Bonchev–Trinajstić information content (AvgIpc) is 3.54. The molecule has 37 heavy (non-hydrogen) atoms. The molecule has 0 radical (unpaired) electrons. The minimum Gasteiger partial charge on any atom is -0.481 e. The van der Waals surface area contributed by atoms with Crippen molar-refractivity contribution in [1.29, 1.82) is 0 Å². The lowest BCUT2D eigenvalue weighted by molar-refractivity contribution is -0.157. The van der Waals surface area contributed by atoms with Crippen molar-refractivity contribution in [3.8, 4) is 12.3 Å². The lowest BCUT2D eigenvalue weighted by Crippen LogP contribution is -2.74. The van der Waals surface area contributed by atoms with E-state index in [4.69, 9.17) is 11.3 Å². The predicted molar refractivity (Wildman–Crippen MR) is 133 cm³/mol. The van der Waals surface area contributed by atoms with Gasteiger partial charge in [0.25, 0.3) is 5.91 Å². The molecular weight excluding hydrogens is 546 g/mol. The van der Waals surface area contributed by atoms with E-state index in [9.17, 15) is 24.3 Å². The molecule has 2 saturated heterocycles. The highest BCUT2D eigenvalue weighted by Crippen LogP contribution is 2.44. The minimum absolute atomic E-state index is 0.0392. The Labute approximate surface area is 221 Å². The summed E-state index contributed by atoms with van der Waals surface area (Å²) >= 11 is 3.45. The Kier molecular flexibility index (Phi) is 7.94. The number of carboxylic acids is 1. The number of aromatic nitrogens is 5. The molecule has 4 heterocycles. The number of nitrogens with zero attached hydrogens (tertiary/aromatic N) is 7. The van der Waals surface area contributed by atoms with Gasteiger partial charge >= 0.3 is 5.97 Å². The van der Waals surface area contributed by atoms with Gasteiger partial charge in [-0.15, -0.1) is 39.7 Å². The van der Waals surface area contributed by atoms with Crippen LogP contribution < -0.4 is 10.6 Å². The van der Waals surface area contributed by atoms with E-state index in [1.165, 1.54) is 33.9 Å². The van der Waals surface area contributed by atoms with Crippen LogP contribution in [0.3, 0.4) is 0 Å². The van der Waals surface area contributed by atoms with Gasteiger partial charge in [-0.05, 0) is 5.21 Å². The molecule has 0 aliphatic carbocycles. The lowest BCUT2D eigenvalue weighted by Gasteiger charge is -2.53. The molecule has 3 N–H and O–H groups in total. The van der Waals surface area contributed by atoms with Gasteiger partial charge in [0.15, 0.2) is 10.8 Å². The number of carbonyl (C=O) groups is 4. The fourth-order valence-electron chi connectivity index (χ4n) is 3.55. The molecule has 2 aliphatic rings. The normalized spacial score (nSPS) is 22.9. The number of fused-ring (bicyclic) bond motifs is 1. The second kappa shape index (κ2) is 11.1. The van der Waals surface area contributed by atoms with E-state index in [1.807, 2.05) is 0 Å². The first-order chi connectivity index (χ1) is 17.8. The molecule has 194 valence electrons. The van der Waals surface area contributed by atoms with Crippen LogP contribution in [0.5, 0.6) is 0 Å². The third kappa shape index (κ3) is 5.38. The van der Waals surface area contributed by atoms with Crippen molar-refractivity contribution in [3.05, 3.63) is 11.1 Å². The van der Waals surface area contributed by atoms with Crippen molar-refractivity contribution in [2.45, 2.75) is 23.1 Å². The minimum atomic E-state index is -1.25. The number of amides is 3. The molecule has 3 amide bonds. The van der Waals surface area contributed by atoms with E-state index in [0.29, 0.717) is 6.41 Å². The Hall–Kier alpha value is -3.69. The molecule has 2 fully saturated rings. The largest absolute Gasteiger partial charge is 0.481 e. The molecule has 0 aromatic carbocycles. The van der Waals surface area contributed by atoms with E-state index in [1.54, 1.807) is 0 Å². The molecule has 18 heteroatoms. The maximum absolute atomic E-state index is 12.9. The maximum atomic E-state index is 12.9. The van der Waals surface area contributed by atoms with Crippen molar-refractivity contribution >= 4 is 69.9 Å². The number of anilines is 1. The second-order valence-corrected chi connectivity index (χ2v) is 10.6. The standard InChI is InChI=1S/C19H19N9O6S3/c1-3-4-28-24-18(23-26-28)37-8-19(16(32)33)6-27-14(31)12(15(27)36-7-19)22-13(30)11(25-34-2)10-5-35-17(21-10)20-9-29/h1,5,9,12,15H,4,6-8H2,2H3,(H,22,30)(H,32,33)(H,20,21,29)/t12?,15-,19?/m1/s1. The SMILES string of the molecule is C#CCn1nnc(SCC2(C(=O)O)CS[C@@H]3C(NC(=O)C(=NOC)c4csc(NC=O)n4)C(=O)N3C2)n1. The number of terminal acetylenes is 1. The zero-order valence-corrected chi connectivity index (χ0v) is 21.5. The number of thioether (sulfide) groups is 2. The molecule has 2 aliphatic heterocycles. The molecule has 0 bridgehead atoms. The van der Waals surface area contributed by atoms with Crippen molar-refractivity contribution < 1.29 is 29.1 Å². The fourth-order valence-corrected chi connectivity index (χ4v) is 6.84. The summed E-state index contributed by atoms with van der Waals surface area (Å²) in [6.07, 6.45) is 5.68. The molecule has 0 spiro atoms. The number of tetrazole rings is 1. The molecule has 15 nitrogen and oxygen atoms in total. The Morgan fingerprint density at radius 2 is 2.32 bits per heavy atom. The maximum Gasteiger partial charge on any atom is 0.313 e. The van der Waals surface area contributed by atoms with Crippen LogP contribution in [0.4, 0.5) is 5.13 Å². The van der Waals surface area contributed by atoms with Gasteiger partial charge in [-0.25, -0.2) is 4.98 Å². The molecule has 4 rings (SSSR count). The number of nitrogens with one attached hydrogen (secondary N) is 2. The van der Waals surface area contributed by atoms with Crippen LogP contribution in [0.2, 0.25) is 0 Å². The number of oxime groups is 1. The zero-order valence-electron chi connectivity index (χ0n) is 19.1. The Balaban J connectivity index is 1.40. The smallest absolute Gasteiger partial charge is 0.313 e. The highest BCUT2D eigenvalue weighted by atomic mass is 32.2. The molecule has 2 unspecified atom stereocenters. The van der Waals surface area contributed by atoms with Gasteiger partial charge in [0.05, 0.1) is 0 Å². The number of rotatable bonds is 11. The van der Waals surface area contributed by atoms with Crippen LogP contribution in [0, 0.1) is 17.8 Å². The first-order valence-corrected chi connectivity index (χ1v) is 13.3. The van der Waals surface area contributed by atoms with Crippen molar-refractivity contribution in [2.24, 2.45) is 10.6 Å². The van der Waals surface area contributed by atoms with Gasteiger partial charge in [0.1, 0.15) is 36.2 Å². The highest BCUT2D eigenvalue weighted by Gasteiger charge is 2.57. The number of hydrogen-bond donors (Lipinski definition) is 3. The lowest BCUT2D eigenvalue weighted by atomic mass is 9.89. The number of aliphatic carboxylic acids is 1. The zero-order chi connectivity index (χ0) is 26.6. The summed E-state index contributed by atoms with van der Waals surface area (Å²) in [5, 5.41) is 32.1. The van der Waals surface area contributed by atoms with Crippen LogP contribution in [0.1, 0.15) is 5.69 Å². The summed E-state index contributed by atoms with van der Waals surface area (Å²) in [6, 6.07) is -0.879. The van der Waals surface area contributed by atoms with Gasteiger partial charge in [0, 0.05) is 23.4 Å². The monoisotopic (exact) mass is 565 g/mol. The number of carbonyl (C=O) groups excluding carboxylic acids is 3. The van der Waals surface area contributed by atoms with E-state index in [0.717, 1.165) is 23.1 Å². The first-order valence-electron chi connectivity index (χ1n) is 10.4.